The van der Waals surface area contributed by atoms with Crippen molar-refractivity contribution in [1.82, 2.24) is 19.3 Å². The van der Waals surface area contributed by atoms with E-state index in [-0.39, 0.29) is 0 Å². The first-order chi connectivity index (χ1) is 13.3. The van der Waals surface area contributed by atoms with E-state index in [0.717, 1.165) is 36.3 Å². The molecular weight excluding hydrogens is 340 g/mol. The molecule has 0 spiro atoms. The number of hydrogen-bond donors (Lipinski definition) is 0. The van der Waals surface area contributed by atoms with E-state index in [0.29, 0.717) is 12.4 Å². The van der Waals surface area contributed by atoms with Crippen LogP contribution in [0.4, 0.5) is 0 Å². The van der Waals surface area contributed by atoms with Crippen molar-refractivity contribution in [3.8, 4) is 11.5 Å². The van der Waals surface area contributed by atoms with Gasteiger partial charge in [0, 0.05) is 30.9 Å². The quantitative estimate of drug-likeness (QED) is 0.573. The SMILES string of the molecule is COc1cnc(Cc2cccn3cncc23)cc1OCCCN1CCCC1. The molecule has 3 aromatic heterocycles. The van der Waals surface area contributed by atoms with Gasteiger partial charge in [0.1, 0.15) is 0 Å². The van der Waals surface area contributed by atoms with Gasteiger partial charge < -0.3 is 18.8 Å². The minimum Gasteiger partial charge on any atom is -0.491 e. The van der Waals surface area contributed by atoms with E-state index in [4.69, 9.17) is 9.47 Å². The molecule has 0 unspecified atom stereocenters. The van der Waals surface area contributed by atoms with Crippen LogP contribution >= 0.6 is 0 Å². The van der Waals surface area contributed by atoms with Crippen LogP contribution in [-0.4, -0.2) is 52.6 Å². The molecular formula is C21H26N4O2. The van der Waals surface area contributed by atoms with Gasteiger partial charge in [0.15, 0.2) is 11.5 Å². The molecule has 6 heteroatoms. The molecule has 4 rings (SSSR count). The molecule has 0 saturated carbocycles. The first kappa shape index (κ1) is 17.8. The molecule has 0 amide bonds. The number of fused-ring (bicyclic) bond motifs is 1. The summed E-state index contributed by atoms with van der Waals surface area (Å²) in [5, 5.41) is 0. The number of ether oxygens (including phenoxy) is 2. The third-order valence-corrected chi connectivity index (χ3v) is 5.09. The average Bonchev–Trinajstić information content (AvgIpc) is 3.37. The number of methoxy groups -OCH3 is 1. The predicted molar refractivity (Wildman–Crippen MR) is 105 cm³/mol. The minimum absolute atomic E-state index is 0.683. The fourth-order valence-electron chi connectivity index (χ4n) is 3.66. The van der Waals surface area contributed by atoms with Crippen LogP contribution in [0.25, 0.3) is 5.52 Å². The van der Waals surface area contributed by atoms with Crippen LogP contribution < -0.4 is 9.47 Å². The predicted octanol–water partition coefficient (Wildman–Crippen LogP) is 3.19. The lowest BCUT2D eigenvalue weighted by atomic mass is 10.1. The highest BCUT2D eigenvalue weighted by Crippen LogP contribution is 2.28. The summed E-state index contributed by atoms with van der Waals surface area (Å²) in [7, 11) is 1.65. The van der Waals surface area contributed by atoms with Gasteiger partial charge in [0.25, 0.3) is 0 Å². The van der Waals surface area contributed by atoms with Gasteiger partial charge in [-0.05, 0) is 44.0 Å². The Hall–Kier alpha value is -2.60. The van der Waals surface area contributed by atoms with E-state index in [9.17, 15) is 0 Å². The highest BCUT2D eigenvalue weighted by molar-refractivity contribution is 5.54. The molecule has 1 fully saturated rings. The second-order valence-corrected chi connectivity index (χ2v) is 6.97. The maximum absolute atomic E-state index is 6.03. The molecule has 0 aromatic carbocycles. The van der Waals surface area contributed by atoms with Crippen LogP contribution in [0, 0.1) is 0 Å². The molecule has 0 N–H and O–H groups in total. The average molecular weight is 366 g/mol. The first-order valence-corrected chi connectivity index (χ1v) is 9.61. The van der Waals surface area contributed by atoms with Gasteiger partial charge in [-0.2, -0.15) is 0 Å². The molecule has 0 bridgehead atoms. The normalized spacial score (nSPS) is 14.7. The second-order valence-electron chi connectivity index (χ2n) is 6.97. The molecule has 142 valence electrons. The van der Waals surface area contributed by atoms with Crippen LogP contribution in [0.1, 0.15) is 30.5 Å². The topological polar surface area (TPSA) is 51.9 Å². The maximum Gasteiger partial charge on any atom is 0.179 e. The summed E-state index contributed by atoms with van der Waals surface area (Å²) in [5.41, 5.74) is 3.25. The summed E-state index contributed by atoms with van der Waals surface area (Å²) >= 11 is 0. The van der Waals surface area contributed by atoms with Crippen LogP contribution in [0.15, 0.2) is 43.1 Å². The van der Waals surface area contributed by atoms with E-state index in [1.165, 1.54) is 31.5 Å². The number of hydrogen-bond acceptors (Lipinski definition) is 5. The van der Waals surface area contributed by atoms with Crippen molar-refractivity contribution in [3.63, 3.8) is 0 Å². The fraction of sp³-hybridized carbons (Fsp3) is 0.429. The smallest absolute Gasteiger partial charge is 0.179 e. The number of pyridine rings is 2. The lowest BCUT2D eigenvalue weighted by Gasteiger charge is -2.15. The van der Waals surface area contributed by atoms with Gasteiger partial charge in [-0.1, -0.05) is 6.07 Å². The Morgan fingerprint density at radius 3 is 2.89 bits per heavy atom. The summed E-state index contributed by atoms with van der Waals surface area (Å²) in [6.07, 6.45) is 11.9. The zero-order chi connectivity index (χ0) is 18.5. The van der Waals surface area contributed by atoms with E-state index < -0.39 is 0 Å². The van der Waals surface area contributed by atoms with Crippen molar-refractivity contribution in [1.29, 1.82) is 0 Å². The summed E-state index contributed by atoms with van der Waals surface area (Å²) < 4.78 is 13.5. The summed E-state index contributed by atoms with van der Waals surface area (Å²) in [5.74, 6) is 1.45. The van der Waals surface area contributed by atoms with Crippen molar-refractivity contribution in [2.45, 2.75) is 25.7 Å². The number of rotatable bonds is 8. The lowest BCUT2D eigenvalue weighted by molar-refractivity contribution is 0.253. The van der Waals surface area contributed by atoms with E-state index in [1.54, 1.807) is 13.3 Å². The monoisotopic (exact) mass is 366 g/mol. The zero-order valence-electron chi connectivity index (χ0n) is 15.8. The molecule has 0 aliphatic carbocycles. The van der Waals surface area contributed by atoms with Crippen molar-refractivity contribution < 1.29 is 9.47 Å². The van der Waals surface area contributed by atoms with Crippen molar-refractivity contribution in [2.75, 3.05) is 33.4 Å². The number of imidazole rings is 1. The molecule has 0 atom stereocenters. The third-order valence-electron chi connectivity index (χ3n) is 5.09. The zero-order valence-corrected chi connectivity index (χ0v) is 15.8. The number of nitrogens with zero attached hydrogens (tertiary/aromatic N) is 4. The highest BCUT2D eigenvalue weighted by atomic mass is 16.5. The van der Waals surface area contributed by atoms with Crippen molar-refractivity contribution >= 4 is 5.52 Å². The van der Waals surface area contributed by atoms with Gasteiger partial charge in [-0.25, -0.2) is 4.98 Å². The Morgan fingerprint density at radius 1 is 1.15 bits per heavy atom. The number of likely N-dealkylation sites (tertiary alicyclic amines) is 1. The molecule has 1 saturated heterocycles. The highest BCUT2D eigenvalue weighted by Gasteiger charge is 2.12. The Bertz CT molecular complexity index is 887. The molecule has 1 aliphatic rings. The van der Waals surface area contributed by atoms with E-state index in [1.807, 2.05) is 35.3 Å². The van der Waals surface area contributed by atoms with Crippen molar-refractivity contribution in [2.24, 2.45) is 0 Å². The molecule has 3 aromatic rings. The van der Waals surface area contributed by atoms with Gasteiger partial charge in [-0.15, -0.1) is 0 Å². The van der Waals surface area contributed by atoms with Gasteiger partial charge in [0.2, 0.25) is 0 Å². The van der Waals surface area contributed by atoms with Crippen LogP contribution in [0.5, 0.6) is 11.5 Å². The van der Waals surface area contributed by atoms with Crippen LogP contribution in [0.3, 0.4) is 0 Å². The maximum atomic E-state index is 6.03. The van der Waals surface area contributed by atoms with Gasteiger partial charge >= 0.3 is 0 Å². The molecule has 6 nitrogen and oxygen atoms in total. The largest absolute Gasteiger partial charge is 0.491 e. The summed E-state index contributed by atoms with van der Waals surface area (Å²) in [6, 6.07) is 6.14. The molecule has 1 aliphatic heterocycles. The summed E-state index contributed by atoms with van der Waals surface area (Å²) in [6.45, 7) is 4.24. The van der Waals surface area contributed by atoms with Crippen LogP contribution in [0.2, 0.25) is 0 Å². The van der Waals surface area contributed by atoms with Crippen LogP contribution in [-0.2, 0) is 6.42 Å². The Labute approximate surface area is 159 Å². The van der Waals surface area contributed by atoms with E-state index >= 15 is 0 Å². The minimum atomic E-state index is 0.683. The van der Waals surface area contributed by atoms with Crippen molar-refractivity contribution in [3.05, 3.63) is 54.4 Å². The second kappa shape index (κ2) is 8.39. The molecule has 0 radical (unpaired) electrons. The molecule has 4 heterocycles. The Morgan fingerprint density at radius 2 is 2.04 bits per heavy atom. The molecule has 27 heavy (non-hydrogen) atoms. The first-order valence-electron chi connectivity index (χ1n) is 9.61. The Balaban J connectivity index is 1.43. The lowest BCUT2D eigenvalue weighted by Crippen LogP contribution is -2.22. The number of aromatic nitrogens is 3. The third kappa shape index (κ3) is 4.22. The fourth-order valence-corrected chi connectivity index (χ4v) is 3.66. The van der Waals surface area contributed by atoms with Gasteiger partial charge in [0.05, 0.1) is 38.0 Å². The summed E-state index contributed by atoms with van der Waals surface area (Å²) in [4.78, 5) is 11.3. The van der Waals surface area contributed by atoms with E-state index in [2.05, 4.69) is 20.9 Å². The van der Waals surface area contributed by atoms with Gasteiger partial charge in [-0.3, -0.25) is 4.98 Å². The standard InChI is InChI=1S/C21H26N4O2/c1-26-21-15-23-18(12-17-6-4-10-25-16-22-14-19(17)25)13-20(21)27-11-5-9-24-7-2-3-8-24/h4,6,10,13-16H,2-3,5,7-9,11-12H2,1H3. The Kier molecular flexibility index (Phi) is 5.53.